The Labute approximate surface area is 79.5 Å². The first kappa shape index (κ1) is 7.90. The monoisotopic (exact) mass is 187 g/mol. The molecule has 0 fully saturated rings. The Morgan fingerprint density at radius 1 is 1.38 bits per heavy atom. The van der Waals surface area contributed by atoms with E-state index in [4.69, 9.17) is 5.26 Å². The smallest absolute Gasteiger partial charge is 0.120 e. The second kappa shape index (κ2) is 3.33. The molecule has 0 aliphatic carbocycles. The van der Waals surface area contributed by atoms with E-state index in [9.17, 15) is 0 Å². The SMILES string of the molecule is N#Cc1csnc1-c1ccccn1. The van der Waals surface area contributed by atoms with Crippen LogP contribution in [0.1, 0.15) is 5.56 Å². The standard InChI is InChI=1S/C9H5N3S/c10-5-7-6-13-12-9(7)8-3-1-2-4-11-8/h1-4,6H. The van der Waals surface area contributed by atoms with Crippen LogP contribution in [-0.4, -0.2) is 9.36 Å². The van der Waals surface area contributed by atoms with Crippen LogP contribution in [0.2, 0.25) is 0 Å². The fraction of sp³-hybridized carbons (Fsp3) is 0. The first-order valence-electron chi connectivity index (χ1n) is 3.67. The van der Waals surface area contributed by atoms with Gasteiger partial charge >= 0.3 is 0 Å². The number of pyridine rings is 1. The molecule has 2 heterocycles. The Bertz CT molecular complexity index is 441. The van der Waals surface area contributed by atoms with Crippen LogP contribution in [0.5, 0.6) is 0 Å². The van der Waals surface area contributed by atoms with E-state index in [0.717, 1.165) is 5.69 Å². The molecule has 13 heavy (non-hydrogen) atoms. The highest BCUT2D eigenvalue weighted by molar-refractivity contribution is 7.04. The third-order valence-electron chi connectivity index (χ3n) is 1.60. The maximum absolute atomic E-state index is 8.76. The zero-order valence-electron chi connectivity index (χ0n) is 6.64. The molecule has 0 atom stereocenters. The minimum absolute atomic E-state index is 0.587. The van der Waals surface area contributed by atoms with Crippen molar-refractivity contribution in [2.45, 2.75) is 0 Å². The molecule has 4 heteroatoms. The molecule has 2 aromatic heterocycles. The van der Waals surface area contributed by atoms with Crippen molar-refractivity contribution in [1.29, 1.82) is 5.26 Å². The summed E-state index contributed by atoms with van der Waals surface area (Å²) in [6.45, 7) is 0. The van der Waals surface area contributed by atoms with Gasteiger partial charge in [0.1, 0.15) is 11.8 Å². The quantitative estimate of drug-likeness (QED) is 0.686. The number of rotatable bonds is 1. The van der Waals surface area contributed by atoms with Gasteiger partial charge in [0.05, 0.1) is 11.3 Å². The predicted molar refractivity (Wildman–Crippen MR) is 50.1 cm³/mol. The van der Waals surface area contributed by atoms with Crippen molar-refractivity contribution in [3.63, 3.8) is 0 Å². The van der Waals surface area contributed by atoms with E-state index < -0.39 is 0 Å². The highest BCUT2D eigenvalue weighted by atomic mass is 32.1. The van der Waals surface area contributed by atoms with Crippen LogP contribution in [0.4, 0.5) is 0 Å². The fourth-order valence-electron chi connectivity index (χ4n) is 1.00. The van der Waals surface area contributed by atoms with Crippen LogP contribution in [0.25, 0.3) is 11.4 Å². The fourth-order valence-corrected chi connectivity index (χ4v) is 1.62. The second-order valence-electron chi connectivity index (χ2n) is 2.40. The second-order valence-corrected chi connectivity index (χ2v) is 3.03. The lowest BCUT2D eigenvalue weighted by molar-refractivity contribution is 1.30. The summed E-state index contributed by atoms with van der Waals surface area (Å²) in [7, 11) is 0. The van der Waals surface area contributed by atoms with Crippen molar-refractivity contribution in [3.8, 4) is 17.5 Å². The van der Waals surface area contributed by atoms with Crippen LogP contribution >= 0.6 is 11.5 Å². The molecule has 2 rings (SSSR count). The number of hydrogen-bond acceptors (Lipinski definition) is 4. The molecule has 2 aromatic rings. The lowest BCUT2D eigenvalue weighted by atomic mass is 10.2. The minimum atomic E-state index is 0.587. The molecule has 0 aliphatic rings. The summed E-state index contributed by atoms with van der Waals surface area (Å²) < 4.78 is 4.11. The van der Waals surface area contributed by atoms with Gasteiger partial charge in [-0.15, -0.1) is 0 Å². The van der Waals surface area contributed by atoms with Crippen LogP contribution in [0.15, 0.2) is 29.8 Å². The maximum Gasteiger partial charge on any atom is 0.120 e. The van der Waals surface area contributed by atoms with E-state index in [1.54, 1.807) is 11.6 Å². The summed E-state index contributed by atoms with van der Waals surface area (Å²) in [6.07, 6.45) is 1.69. The van der Waals surface area contributed by atoms with Crippen LogP contribution < -0.4 is 0 Å². The van der Waals surface area contributed by atoms with E-state index in [-0.39, 0.29) is 0 Å². The summed E-state index contributed by atoms with van der Waals surface area (Å²) in [5.74, 6) is 0. The molecule has 0 N–H and O–H groups in total. The molecule has 0 amide bonds. The van der Waals surface area contributed by atoms with Crippen LogP contribution in [0.3, 0.4) is 0 Å². The molecule has 0 aromatic carbocycles. The lowest BCUT2D eigenvalue weighted by Crippen LogP contribution is -1.83. The van der Waals surface area contributed by atoms with Gasteiger partial charge in [-0.25, -0.2) is 0 Å². The van der Waals surface area contributed by atoms with Gasteiger partial charge in [0.15, 0.2) is 0 Å². The lowest BCUT2D eigenvalue weighted by Gasteiger charge is -1.93. The predicted octanol–water partition coefficient (Wildman–Crippen LogP) is 2.08. The molecule has 0 unspecified atom stereocenters. The highest BCUT2D eigenvalue weighted by Crippen LogP contribution is 2.20. The number of hydrogen-bond donors (Lipinski definition) is 0. The number of aromatic nitrogens is 2. The molecule has 0 bridgehead atoms. The zero-order chi connectivity index (χ0) is 9.10. The molecule has 0 saturated carbocycles. The number of nitrogens with zero attached hydrogens (tertiary/aromatic N) is 3. The Balaban J connectivity index is 2.54. The molecular weight excluding hydrogens is 182 g/mol. The topological polar surface area (TPSA) is 49.6 Å². The normalized spacial score (nSPS) is 9.46. The van der Waals surface area contributed by atoms with E-state index in [0.29, 0.717) is 11.3 Å². The van der Waals surface area contributed by atoms with Gasteiger partial charge in [-0.2, -0.15) is 9.64 Å². The summed E-state index contributed by atoms with van der Waals surface area (Å²) in [4.78, 5) is 4.12. The largest absolute Gasteiger partial charge is 0.255 e. The van der Waals surface area contributed by atoms with Gasteiger partial charge in [-0.3, -0.25) is 4.98 Å². The summed E-state index contributed by atoms with van der Waals surface area (Å²) in [5.41, 5.74) is 2.01. The summed E-state index contributed by atoms with van der Waals surface area (Å²) in [6, 6.07) is 7.64. The van der Waals surface area contributed by atoms with Gasteiger partial charge in [0, 0.05) is 11.6 Å². The van der Waals surface area contributed by atoms with Crippen molar-refractivity contribution < 1.29 is 0 Å². The third kappa shape index (κ3) is 1.42. The third-order valence-corrected chi connectivity index (χ3v) is 2.23. The maximum atomic E-state index is 8.76. The van der Waals surface area contributed by atoms with E-state index in [1.165, 1.54) is 11.5 Å². The van der Waals surface area contributed by atoms with Crippen molar-refractivity contribution in [3.05, 3.63) is 35.3 Å². The number of nitriles is 1. The Morgan fingerprint density at radius 3 is 3.00 bits per heavy atom. The summed E-state index contributed by atoms with van der Waals surface area (Å²) >= 11 is 1.27. The van der Waals surface area contributed by atoms with Crippen LogP contribution in [-0.2, 0) is 0 Å². The Kier molecular flexibility index (Phi) is 2.02. The van der Waals surface area contributed by atoms with E-state index >= 15 is 0 Å². The van der Waals surface area contributed by atoms with Crippen molar-refractivity contribution >= 4 is 11.5 Å². The van der Waals surface area contributed by atoms with Gasteiger partial charge in [-0.1, -0.05) is 6.07 Å². The van der Waals surface area contributed by atoms with Crippen molar-refractivity contribution in [2.75, 3.05) is 0 Å². The average molecular weight is 187 g/mol. The van der Waals surface area contributed by atoms with E-state index in [2.05, 4.69) is 15.4 Å². The van der Waals surface area contributed by atoms with Gasteiger partial charge < -0.3 is 0 Å². The first-order chi connectivity index (χ1) is 6.42. The molecule has 0 radical (unpaired) electrons. The van der Waals surface area contributed by atoms with Crippen LogP contribution in [0, 0.1) is 11.3 Å². The molecule has 0 saturated heterocycles. The van der Waals surface area contributed by atoms with E-state index in [1.807, 2.05) is 18.2 Å². The highest BCUT2D eigenvalue weighted by Gasteiger charge is 2.07. The average Bonchev–Trinajstić information content (AvgIpc) is 2.67. The van der Waals surface area contributed by atoms with Gasteiger partial charge in [0.25, 0.3) is 0 Å². The molecule has 0 aliphatic heterocycles. The van der Waals surface area contributed by atoms with Gasteiger partial charge in [0.2, 0.25) is 0 Å². The van der Waals surface area contributed by atoms with Gasteiger partial charge in [-0.05, 0) is 23.7 Å². The molecule has 0 spiro atoms. The molecular formula is C9H5N3S. The van der Waals surface area contributed by atoms with Crippen molar-refractivity contribution in [2.24, 2.45) is 0 Å². The molecule has 3 nitrogen and oxygen atoms in total. The zero-order valence-corrected chi connectivity index (χ0v) is 7.45. The first-order valence-corrected chi connectivity index (χ1v) is 4.51. The Morgan fingerprint density at radius 2 is 2.31 bits per heavy atom. The minimum Gasteiger partial charge on any atom is -0.255 e. The summed E-state index contributed by atoms with van der Waals surface area (Å²) in [5, 5.41) is 10.5. The molecule has 62 valence electrons. The Hall–Kier alpha value is -1.73. The van der Waals surface area contributed by atoms with Crippen molar-refractivity contribution in [1.82, 2.24) is 9.36 Å².